The van der Waals surface area contributed by atoms with Crippen LogP contribution in [0, 0.1) is 22.7 Å². The Labute approximate surface area is 200 Å². The monoisotopic (exact) mass is 459 g/mol. The molecule has 1 aromatic carbocycles. The fourth-order valence-electron chi connectivity index (χ4n) is 6.66. The molecule has 2 aromatic rings. The van der Waals surface area contributed by atoms with E-state index in [0.717, 1.165) is 37.7 Å². The minimum atomic E-state index is -0.994. The number of rotatable bonds is 5. The highest BCUT2D eigenvalue weighted by Crippen LogP contribution is 2.63. The van der Waals surface area contributed by atoms with E-state index in [1.807, 2.05) is 24.5 Å². The highest BCUT2D eigenvalue weighted by Gasteiger charge is 2.52. The van der Waals surface area contributed by atoms with Crippen LogP contribution in [0.1, 0.15) is 79.4 Å². The maximum absolute atomic E-state index is 12.7. The van der Waals surface area contributed by atoms with Crippen LogP contribution in [-0.2, 0) is 11.2 Å². The molecular weight excluding hydrogens is 426 g/mol. The molecule has 6 nitrogen and oxygen atoms in total. The lowest BCUT2D eigenvalue weighted by molar-refractivity contribution is -0.146. The largest absolute Gasteiger partial charge is 0.481 e. The van der Waals surface area contributed by atoms with E-state index in [0.29, 0.717) is 23.3 Å². The summed E-state index contributed by atoms with van der Waals surface area (Å²) in [5, 5.41) is 12.1. The molecule has 0 unspecified atom stereocenters. The van der Waals surface area contributed by atoms with Crippen LogP contribution in [-0.4, -0.2) is 33.5 Å². The number of fused-ring (bicyclic) bond motifs is 5. The number of carbonyl (C=O) groups is 2. The van der Waals surface area contributed by atoms with Gasteiger partial charge in [0.15, 0.2) is 0 Å². The standard InChI is InChI=1S/C28H33N3O3/c1-27(2,26(33)34)15-31-25(32)18-5-6-20-17(12-18)4-7-22-21(20)10-11-28(3)23(8-9-24(22)28)19-13-29-16-30-14-19/h5-6,8,12-14,16,21-22,24H,4,7,9-11,15H2,1-3H3,(H,31,32)(H,33,34)/t21-,22-,24+,28-/m1/s1. The number of amides is 1. The first-order chi connectivity index (χ1) is 16.2. The third-order valence-corrected chi connectivity index (χ3v) is 8.71. The second kappa shape index (κ2) is 8.33. The summed E-state index contributed by atoms with van der Waals surface area (Å²) in [4.78, 5) is 32.6. The van der Waals surface area contributed by atoms with Crippen molar-refractivity contribution >= 4 is 17.4 Å². The van der Waals surface area contributed by atoms with Gasteiger partial charge < -0.3 is 10.4 Å². The molecule has 0 radical (unpaired) electrons. The molecule has 1 heterocycles. The number of carbonyl (C=O) groups excluding carboxylic acids is 1. The van der Waals surface area contributed by atoms with Gasteiger partial charge in [0, 0.05) is 30.1 Å². The lowest BCUT2D eigenvalue weighted by Crippen LogP contribution is -2.41. The zero-order chi connectivity index (χ0) is 24.1. The molecule has 1 fully saturated rings. The first-order valence-electron chi connectivity index (χ1n) is 12.3. The van der Waals surface area contributed by atoms with Gasteiger partial charge in [0.05, 0.1) is 5.41 Å². The molecular formula is C28H33N3O3. The molecule has 0 aliphatic heterocycles. The summed E-state index contributed by atoms with van der Waals surface area (Å²) in [7, 11) is 0. The van der Waals surface area contributed by atoms with E-state index in [4.69, 9.17) is 0 Å². The van der Waals surface area contributed by atoms with E-state index < -0.39 is 11.4 Å². The maximum atomic E-state index is 12.7. The van der Waals surface area contributed by atoms with Crippen molar-refractivity contribution in [2.45, 2.75) is 58.8 Å². The van der Waals surface area contributed by atoms with Crippen molar-refractivity contribution in [3.63, 3.8) is 0 Å². The van der Waals surface area contributed by atoms with Crippen molar-refractivity contribution in [2.24, 2.45) is 22.7 Å². The molecule has 6 heteroatoms. The number of nitrogens with zero attached hydrogens (tertiary/aromatic N) is 2. The van der Waals surface area contributed by atoms with Crippen LogP contribution >= 0.6 is 0 Å². The Morgan fingerprint density at radius 1 is 1.21 bits per heavy atom. The van der Waals surface area contributed by atoms with Gasteiger partial charge in [-0.1, -0.05) is 19.1 Å². The second-order valence-corrected chi connectivity index (χ2v) is 11.1. The lowest BCUT2D eigenvalue weighted by Gasteiger charge is -2.50. The summed E-state index contributed by atoms with van der Waals surface area (Å²) in [5.74, 6) is 0.671. The van der Waals surface area contributed by atoms with Crippen molar-refractivity contribution in [1.82, 2.24) is 15.3 Å². The van der Waals surface area contributed by atoms with Gasteiger partial charge in [0.1, 0.15) is 6.33 Å². The van der Waals surface area contributed by atoms with E-state index in [2.05, 4.69) is 34.4 Å². The summed E-state index contributed by atoms with van der Waals surface area (Å²) >= 11 is 0. The van der Waals surface area contributed by atoms with E-state index in [9.17, 15) is 14.7 Å². The van der Waals surface area contributed by atoms with Crippen LogP contribution < -0.4 is 5.32 Å². The maximum Gasteiger partial charge on any atom is 0.310 e. The molecule has 0 bridgehead atoms. The molecule has 1 aromatic heterocycles. The fourth-order valence-corrected chi connectivity index (χ4v) is 6.66. The van der Waals surface area contributed by atoms with Gasteiger partial charge >= 0.3 is 5.97 Å². The Bertz CT molecular complexity index is 1160. The summed E-state index contributed by atoms with van der Waals surface area (Å²) in [6, 6.07) is 6.10. The Hall–Kier alpha value is -3.02. The zero-order valence-corrected chi connectivity index (χ0v) is 20.2. The number of aliphatic carboxylic acids is 1. The van der Waals surface area contributed by atoms with Crippen LogP contribution in [0.4, 0.5) is 0 Å². The predicted molar refractivity (Wildman–Crippen MR) is 130 cm³/mol. The van der Waals surface area contributed by atoms with Gasteiger partial charge in [-0.15, -0.1) is 0 Å². The first kappa shape index (κ1) is 22.8. The van der Waals surface area contributed by atoms with Crippen molar-refractivity contribution in [1.29, 1.82) is 0 Å². The highest BCUT2D eigenvalue weighted by atomic mass is 16.4. The molecule has 2 N–H and O–H groups in total. The van der Waals surface area contributed by atoms with Crippen molar-refractivity contribution in [2.75, 3.05) is 6.54 Å². The molecule has 1 amide bonds. The van der Waals surface area contributed by atoms with E-state index in [1.54, 1.807) is 20.2 Å². The van der Waals surface area contributed by atoms with Gasteiger partial charge in [0.25, 0.3) is 5.91 Å². The van der Waals surface area contributed by atoms with E-state index in [1.165, 1.54) is 16.7 Å². The number of carboxylic acids is 1. The van der Waals surface area contributed by atoms with Gasteiger partial charge in [0.2, 0.25) is 0 Å². The highest BCUT2D eigenvalue weighted by molar-refractivity contribution is 5.94. The van der Waals surface area contributed by atoms with Crippen LogP contribution in [0.2, 0.25) is 0 Å². The number of nitrogens with one attached hydrogen (secondary N) is 1. The van der Waals surface area contributed by atoms with Gasteiger partial charge in [-0.25, -0.2) is 9.97 Å². The number of hydrogen-bond donors (Lipinski definition) is 2. The molecule has 178 valence electrons. The average Bonchev–Trinajstić information content (AvgIpc) is 3.19. The van der Waals surface area contributed by atoms with Crippen molar-refractivity contribution < 1.29 is 14.7 Å². The Morgan fingerprint density at radius 2 is 1.97 bits per heavy atom. The molecule has 3 aliphatic rings. The smallest absolute Gasteiger partial charge is 0.310 e. The van der Waals surface area contributed by atoms with E-state index in [-0.39, 0.29) is 17.9 Å². The minimum absolute atomic E-state index is 0.102. The normalized spacial score (nSPS) is 27.7. The number of aromatic nitrogens is 2. The van der Waals surface area contributed by atoms with E-state index >= 15 is 0 Å². The Morgan fingerprint density at radius 3 is 2.71 bits per heavy atom. The number of aryl methyl sites for hydroxylation is 1. The predicted octanol–water partition coefficient (Wildman–Crippen LogP) is 4.87. The van der Waals surface area contributed by atoms with Crippen LogP contribution in [0.25, 0.3) is 5.57 Å². The van der Waals surface area contributed by atoms with Crippen LogP contribution in [0.15, 0.2) is 43.0 Å². The summed E-state index contributed by atoms with van der Waals surface area (Å²) in [6.07, 6.45) is 13.4. The number of benzene rings is 1. The molecule has 1 saturated carbocycles. The SMILES string of the molecule is CC(C)(CNC(=O)c1ccc2c(c1)CC[C@@H]1[C@@H]2CC[C@]2(C)C(c3cncnc3)=CC[C@@H]12)C(=O)O. The average molecular weight is 460 g/mol. The first-order valence-corrected chi connectivity index (χ1v) is 12.3. The summed E-state index contributed by atoms with van der Waals surface area (Å²) in [5.41, 5.74) is 5.04. The summed E-state index contributed by atoms with van der Waals surface area (Å²) < 4.78 is 0. The number of hydrogen-bond acceptors (Lipinski definition) is 4. The Kier molecular flexibility index (Phi) is 5.58. The second-order valence-electron chi connectivity index (χ2n) is 11.1. The molecule has 0 saturated heterocycles. The molecule has 3 aliphatic carbocycles. The third-order valence-electron chi connectivity index (χ3n) is 8.71. The van der Waals surface area contributed by atoms with Crippen molar-refractivity contribution in [3.8, 4) is 0 Å². The molecule has 0 spiro atoms. The molecule has 34 heavy (non-hydrogen) atoms. The minimum Gasteiger partial charge on any atom is -0.481 e. The topological polar surface area (TPSA) is 92.2 Å². The van der Waals surface area contributed by atoms with Gasteiger partial charge in [-0.05, 0) is 98.0 Å². The van der Waals surface area contributed by atoms with Gasteiger partial charge in [-0.3, -0.25) is 9.59 Å². The lowest BCUT2D eigenvalue weighted by atomic mass is 9.54. The molecule has 4 atom stereocenters. The fraction of sp³-hybridized carbons (Fsp3) is 0.500. The van der Waals surface area contributed by atoms with Crippen LogP contribution in [0.3, 0.4) is 0 Å². The van der Waals surface area contributed by atoms with Gasteiger partial charge in [-0.2, -0.15) is 0 Å². The third kappa shape index (κ3) is 3.73. The van der Waals surface area contributed by atoms with Crippen molar-refractivity contribution in [3.05, 3.63) is 65.2 Å². The quantitative estimate of drug-likeness (QED) is 0.666. The molecule has 5 rings (SSSR count). The van der Waals surface area contributed by atoms with Crippen LogP contribution in [0.5, 0.6) is 0 Å². The number of allylic oxidation sites excluding steroid dienone is 2. The number of carboxylic acid groups (broad SMARTS) is 1. The zero-order valence-electron chi connectivity index (χ0n) is 20.2. The Balaban J connectivity index is 1.33. The summed E-state index contributed by atoms with van der Waals surface area (Å²) in [6.45, 7) is 5.77.